The Labute approximate surface area is 104 Å². The van der Waals surface area contributed by atoms with Crippen LogP contribution in [0.25, 0.3) is 5.69 Å². The molecule has 3 rings (SSSR count). The highest BCUT2D eigenvalue weighted by Gasteiger charge is 2.30. The van der Waals surface area contributed by atoms with Crippen molar-refractivity contribution in [2.75, 3.05) is 0 Å². The summed E-state index contributed by atoms with van der Waals surface area (Å²) < 4.78 is 1.79. The lowest BCUT2D eigenvalue weighted by molar-refractivity contribution is -0.110. The number of rotatable bonds is 2. The van der Waals surface area contributed by atoms with Gasteiger partial charge >= 0.3 is 0 Å². The number of aldehydes is 1. The van der Waals surface area contributed by atoms with Gasteiger partial charge in [-0.25, -0.2) is 4.68 Å². The first kappa shape index (κ1) is 10.9. The molecule has 4 nitrogen and oxygen atoms in total. The second-order valence-corrected chi connectivity index (χ2v) is 4.40. The van der Waals surface area contributed by atoms with Crippen LogP contribution in [0.4, 0.5) is 0 Å². The Kier molecular flexibility index (Phi) is 2.55. The van der Waals surface area contributed by atoms with Crippen molar-refractivity contribution in [1.29, 1.82) is 0 Å². The van der Waals surface area contributed by atoms with E-state index >= 15 is 0 Å². The zero-order valence-electron chi connectivity index (χ0n) is 9.74. The van der Waals surface area contributed by atoms with Gasteiger partial charge in [0, 0.05) is 0 Å². The van der Waals surface area contributed by atoms with Crippen molar-refractivity contribution in [2.24, 2.45) is 5.92 Å². The minimum Gasteiger partial charge on any atom is -0.303 e. The number of aromatic nitrogens is 2. The second kappa shape index (κ2) is 4.22. The van der Waals surface area contributed by atoms with Crippen LogP contribution >= 0.6 is 0 Å². The van der Waals surface area contributed by atoms with Gasteiger partial charge in [-0.05, 0) is 25.0 Å². The van der Waals surface area contributed by atoms with Crippen molar-refractivity contribution in [3.05, 3.63) is 47.8 Å². The molecule has 2 aromatic rings. The Balaban J connectivity index is 2.07. The molecule has 1 unspecified atom stereocenters. The number of carbonyl (C=O) groups excluding carboxylic acids is 2. The minimum absolute atomic E-state index is 0.103. The zero-order chi connectivity index (χ0) is 12.5. The number of hydrogen-bond acceptors (Lipinski definition) is 3. The summed E-state index contributed by atoms with van der Waals surface area (Å²) in [5.74, 6) is -0.598. The van der Waals surface area contributed by atoms with Gasteiger partial charge in [0.15, 0.2) is 5.78 Å². The van der Waals surface area contributed by atoms with Crippen LogP contribution in [0.2, 0.25) is 0 Å². The van der Waals surface area contributed by atoms with E-state index in [9.17, 15) is 9.59 Å². The summed E-state index contributed by atoms with van der Waals surface area (Å²) >= 11 is 0. The minimum atomic E-state index is -0.495. The molecular weight excluding hydrogens is 228 g/mol. The molecule has 0 bridgehead atoms. The van der Waals surface area contributed by atoms with Crippen molar-refractivity contribution in [3.8, 4) is 5.69 Å². The molecule has 0 spiro atoms. The third-order valence-electron chi connectivity index (χ3n) is 3.33. The van der Waals surface area contributed by atoms with Crippen molar-refractivity contribution >= 4 is 12.1 Å². The van der Waals surface area contributed by atoms with E-state index in [2.05, 4.69) is 5.10 Å². The summed E-state index contributed by atoms with van der Waals surface area (Å²) in [5.41, 5.74) is 2.43. The number of hydrogen-bond donors (Lipinski definition) is 0. The molecule has 0 saturated heterocycles. The quantitative estimate of drug-likeness (QED) is 0.594. The predicted molar refractivity (Wildman–Crippen MR) is 65.8 cm³/mol. The maximum atomic E-state index is 12.0. The van der Waals surface area contributed by atoms with Gasteiger partial charge in [0.25, 0.3) is 0 Å². The van der Waals surface area contributed by atoms with E-state index in [4.69, 9.17) is 0 Å². The van der Waals surface area contributed by atoms with Gasteiger partial charge in [-0.2, -0.15) is 5.10 Å². The highest BCUT2D eigenvalue weighted by Crippen LogP contribution is 2.26. The standard InChI is InChI=1S/C14H12N2O2/c17-9-10-6-7-13-12(14(10)18)8-15-16(13)11-4-2-1-3-5-11/h1-5,8-10H,6-7H2. The van der Waals surface area contributed by atoms with Crippen LogP contribution < -0.4 is 0 Å². The maximum Gasteiger partial charge on any atom is 0.176 e. The van der Waals surface area contributed by atoms with E-state index in [1.807, 2.05) is 30.3 Å². The van der Waals surface area contributed by atoms with Crippen LogP contribution in [0.1, 0.15) is 22.5 Å². The fourth-order valence-corrected chi connectivity index (χ4v) is 2.36. The van der Waals surface area contributed by atoms with E-state index in [1.54, 1.807) is 10.9 Å². The molecule has 1 aromatic carbocycles. The molecule has 0 fully saturated rings. The summed E-state index contributed by atoms with van der Waals surface area (Å²) in [6, 6.07) is 9.70. The highest BCUT2D eigenvalue weighted by atomic mass is 16.1. The van der Waals surface area contributed by atoms with E-state index in [-0.39, 0.29) is 5.78 Å². The SMILES string of the molecule is O=CC1CCc2c(cnn2-c2ccccc2)C1=O. The Morgan fingerprint density at radius 2 is 2.06 bits per heavy atom. The molecule has 1 heterocycles. The van der Waals surface area contributed by atoms with Crippen molar-refractivity contribution in [1.82, 2.24) is 9.78 Å². The highest BCUT2D eigenvalue weighted by molar-refractivity contribution is 6.06. The molecule has 0 aliphatic heterocycles. The number of nitrogens with zero attached hydrogens (tertiary/aromatic N) is 2. The number of Topliss-reactive ketones (excluding diaryl/α,β-unsaturated/α-hetero) is 1. The van der Waals surface area contributed by atoms with Gasteiger partial charge in [0.2, 0.25) is 0 Å². The molecule has 0 radical (unpaired) electrons. The molecule has 1 aromatic heterocycles. The topological polar surface area (TPSA) is 52.0 Å². The Morgan fingerprint density at radius 3 is 2.78 bits per heavy atom. The van der Waals surface area contributed by atoms with E-state index in [0.29, 0.717) is 18.4 Å². The molecule has 1 aliphatic rings. The van der Waals surface area contributed by atoms with Crippen molar-refractivity contribution < 1.29 is 9.59 Å². The van der Waals surface area contributed by atoms with Gasteiger partial charge in [-0.3, -0.25) is 4.79 Å². The predicted octanol–water partition coefficient (Wildman–Crippen LogP) is 1.82. The lowest BCUT2D eigenvalue weighted by Gasteiger charge is -2.17. The summed E-state index contributed by atoms with van der Waals surface area (Å²) in [6.45, 7) is 0. The van der Waals surface area contributed by atoms with Crippen LogP contribution in [0, 0.1) is 5.92 Å². The van der Waals surface area contributed by atoms with E-state index in [0.717, 1.165) is 17.7 Å². The first-order valence-corrected chi connectivity index (χ1v) is 5.93. The largest absolute Gasteiger partial charge is 0.303 e. The van der Waals surface area contributed by atoms with Crippen LogP contribution in [0.15, 0.2) is 36.5 Å². The molecule has 0 amide bonds. The van der Waals surface area contributed by atoms with Crippen LogP contribution in [-0.4, -0.2) is 21.8 Å². The van der Waals surface area contributed by atoms with Crippen LogP contribution in [0.5, 0.6) is 0 Å². The third-order valence-corrected chi connectivity index (χ3v) is 3.33. The molecule has 0 N–H and O–H groups in total. The molecule has 1 aliphatic carbocycles. The number of carbonyl (C=O) groups is 2. The molecule has 0 saturated carbocycles. The Morgan fingerprint density at radius 1 is 1.28 bits per heavy atom. The Bertz CT molecular complexity index is 602. The van der Waals surface area contributed by atoms with Crippen molar-refractivity contribution in [3.63, 3.8) is 0 Å². The number of benzene rings is 1. The van der Waals surface area contributed by atoms with Gasteiger partial charge in [-0.15, -0.1) is 0 Å². The fraction of sp³-hybridized carbons (Fsp3) is 0.214. The summed E-state index contributed by atoms with van der Waals surface area (Å²) in [6.07, 6.45) is 3.60. The molecular formula is C14H12N2O2. The van der Waals surface area contributed by atoms with Gasteiger partial charge in [0.1, 0.15) is 6.29 Å². The van der Waals surface area contributed by atoms with Crippen LogP contribution in [0.3, 0.4) is 0 Å². The molecule has 18 heavy (non-hydrogen) atoms. The second-order valence-electron chi connectivity index (χ2n) is 4.40. The molecule has 4 heteroatoms. The Hall–Kier alpha value is -2.23. The molecule has 1 atom stereocenters. The lowest BCUT2D eigenvalue weighted by Crippen LogP contribution is -2.24. The summed E-state index contributed by atoms with van der Waals surface area (Å²) in [5, 5.41) is 4.27. The summed E-state index contributed by atoms with van der Waals surface area (Å²) in [4.78, 5) is 22.8. The third kappa shape index (κ3) is 1.57. The average molecular weight is 240 g/mol. The van der Waals surface area contributed by atoms with Crippen LogP contribution in [-0.2, 0) is 11.2 Å². The monoisotopic (exact) mass is 240 g/mol. The van der Waals surface area contributed by atoms with Crippen molar-refractivity contribution in [2.45, 2.75) is 12.8 Å². The summed E-state index contributed by atoms with van der Waals surface area (Å²) in [7, 11) is 0. The normalized spacial score (nSPS) is 18.4. The van der Waals surface area contributed by atoms with Gasteiger partial charge < -0.3 is 4.79 Å². The zero-order valence-corrected chi connectivity index (χ0v) is 9.74. The smallest absolute Gasteiger partial charge is 0.176 e. The van der Waals surface area contributed by atoms with Gasteiger partial charge in [-0.1, -0.05) is 18.2 Å². The molecule has 90 valence electrons. The number of fused-ring (bicyclic) bond motifs is 1. The average Bonchev–Trinajstić information content (AvgIpc) is 2.85. The first-order chi connectivity index (χ1) is 8.81. The first-order valence-electron chi connectivity index (χ1n) is 5.93. The van der Waals surface area contributed by atoms with E-state index < -0.39 is 5.92 Å². The van der Waals surface area contributed by atoms with E-state index in [1.165, 1.54) is 0 Å². The number of ketones is 1. The fourth-order valence-electron chi connectivity index (χ4n) is 2.36. The maximum absolute atomic E-state index is 12.0. The lowest BCUT2D eigenvalue weighted by atomic mass is 9.87. The van der Waals surface area contributed by atoms with Gasteiger partial charge in [0.05, 0.1) is 29.1 Å². The number of para-hydroxylation sites is 1.